The van der Waals surface area contributed by atoms with E-state index in [2.05, 4.69) is 0 Å². The van der Waals surface area contributed by atoms with E-state index in [-0.39, 0.29) is 18.9 Å². The first-order chi connectivity index (χ1) is 8.36. The number of carbonyl (C=O) groups excluding carboxylic acids is 1. The van der Waals surface area contributed by atoms with Crippen LogP contribution < -0.4 is 0 Å². The lowest BCUT2D eigenvalue weighted by atomic mass is 10.1. The van der Waals surface area contributed by atoms with Crippen molar-refractivity contribution in [3.05, 3.63) is 35.4 Å². The van der Waals surface area contributed by atoms with Gasteiger partial charge in [0, 0.05) is 19.5 Å². The van der Waals surface area contributed by atoms with Crippen molar-refractivity contribution in [2.24, 2.45) is 0 Å². The highest BCUT2D eigenvalue weighted by Gasteiger charge is 2.38. The highest BCUT2D eigenvalue weighted by Crippen LogP contribution is 2.21. The van der Waals surface area contributed by atoms with Crippen LogP contribution in [-0.4, -0.2) is 31.0 Å². The van der Waals surface area contributed by atoms with E-state index in [0.717, 1.165) is 11.1 Å². The van der Waals surface area contributed by atoms with E-state index in [1.54, 1.807) is 0 Å². The first-order valence-electron chi connectivity index (χ1n) is 5.63. The largest absolute Gasteiger partial charge is 0.337 e. The van der Waals surface area contributed by atoms with Crippen LogP contribution in [0.3, 0.4) is 0 Å². The van der Waals surface area contributed by atoms with Gasteiger partial charge in [0.2, 0.25) is 5.91 Å². The van der Waals surface area contributed by atoms with E-state index in [4.69, 9.17) is 0 Å². The van der Waals surface area contributed by atoms with Crippen LogP contribution in [0.1, 0.15) is 17.5 Å². The smallest absolute Gasteiger partial charge is 0.307 e. The maximum absolute atomic E-state index is 12.8. The number of rotatable bonds is 3. The molecule has 1 amide bonds. The van der Waals surface area contributed by atoms with Gasteiger partial charge in [-0.3, -0.25) is 4.79 Å². The van der Waals surface area contributed by atoms with Crippen LogP contribution in [0.15, 0.2) is 24.3 Å². The van der Waals surface area contributed by atoms with Crippen molar-refractivity contribution in [3.63, 3.8) is 0 Å². The Morgan fingerprint density at radius 1 is 1.33 bits per heavy atom. The lowest BCUT2D eigenvalue weighted by Crippen LogP contribution is -2.26. The molecule has 1 saturated heterocycles. The van der Waals surface area contributed by atoms with Gasteiger partial charge in [-0.05, 0) is 12.5 Å². The summed E-state index contributed by atoms with van der Waals surface area (Å²) in [6.07, 6.45) is -0.259. The van der Waals surface area contributed by atoms with Gasteiger partial charge in [-0.2, -0.15) is 8.42 Å². The van der Waals surface area contributed by atoms with Crippen molar-refractivity contribution in [2.45, 2.75) is 25.1 Å². The number of benzene rings is 1. The summed E-state index contributed by atoms with van der Waals surface area (Å²) < 4.78 is 34.4. The van der Waals surface area contributed by atoms with Gasteiger partial charge in [-0.15, -0.1) is 3.89 Å². The molecule has 1 aliphatic heterocycles. The first kappa shape index (κ1) is 13.0. The minimum Gasteiger partial charge on any atom is -0.337 e. The number of amides is 1. The van der Waals surface area contributed by atoms with Crippen molar-refractivity contribution in [2.75, 3.05) is 6.54 Å². The minimum absolute atomic E-state index is 0.0639. The summed E-state index contributed by atoms with van der Waals surface area (Å²) in [6.45, 7) is 2.22. The average molecular weight is 271 g/mol. The molecule has 1 unspecified atom stereocenters. The fraction of sp³-hybridized carbons (Fsp3) is 0.417. The van der Waals surface area contributed by atoms with Crippen molar-refractivity contribution in [1.82, 2.24) is 4.90 Å². The SMILES string of the molecule is Cc1ccc(CN2CC(S(=O)(=O)F)CC2=O)cc1. The van der Waals surface area contributed by atoms with E-state index < -0.39 is 15.5 Å². The zero-order valence-corrected chi connectivity index (χ0v) is 10.8. The molecule has 2 rings (SSSR count). The third kappa shape index (κ3) is 2.87. The number of aryl methyl sites for hydroxylation is 1. The number of hydrogen-bond donors (Lipinski definition) is 0. The maximum atomic E-state index is 12.8. The lowest BCUT2D eigenvalue weighted by molar-refractivity contribution is -0.128. The van der Waals surface area contributed by atoms with E-state index >= 15 is 0 Å². The Hall–Kier alpha value is -1.43. The Morgan fingerprint density at radius 3 is 2.44 bits per heavy atom. The fourth-order valence-electron chi connectivity index (χ4n) is 1.99. The van der Waals surface area contributed by atoms with E-state index in [1.807, 2.05) is 31.2 Å². The number of carbonyl (C=O) groups is 1. The molecule has 1 fully saturated rings. The second-order valence-electron chi connectivity index (χ2n) is 4.56. The predicted octanol–water partition coefficient (Wildman–Crippen LogP) is 1.40. The molecule has 0 aliphatic carbocycles. The van der Waals surface area contributed by atoms with Gasteiger partial charge in [-0.25, -0.2) is 0 Å². The molecule has 0 saturated carbocycles. The van der Waals surface area contributed by atoms with Crippen LogP contribution in [0.4, 0.5) is 3.89 Å². The van der Waals surface area contributed by atoms with Crippen LogP contribution in [0, 0.1) is 6.92 Å². The summed E-state index contributed by atoms with van der Waals surface area (Å²) >= 11 is 0. The number of hydrogen-bond acceptors (Lipinski definition) is 3. The first-order valence-corrected chi connectivity index (χ1v) is 7.08. The fourth-order valence-corrected chi connectivity index (χ4v) is 2.69. The number of halogens is 1. The van der Waals surface area contributed by atoms with Crippen LogP contribution in [0.5, 0.6) is 0 Å². The van der Waals surface area contributed by atoms with Crippen LogP contribution in [0.2, 0.25) is 0 Å². The summed E-state index contributed by atoms with van der Waals surface area (Å²) in [5.74, 6) is -0.318. The number of likely N-dealkylation sites (tertiary alicyclic amines) is 1. The highest BCUT2D eigenvalue weighted by molar-refractivity contribution is 7.87. The normalized spacial score (nSPS) is 20.4. The van der Waals surface area contributed by atoms with Crippen molar-refractivity contribution >= 4 is 16.1 Å². The van der Waals surface area contributed by atoms with Crippen LogP contribution >= 0.6 is 0 Å². The molecule has 4 nitrogen and oxygen atoms in total. The topological polar surface area (TPSA) is 54.5 Å². The molecule has 1 aliphatic rings. The third-order valence-electron chi connectivity index (χ3n) is 3.07. The maximum Gasteiger partial charge on any atom is 0.307 e. The summed E-state index contributed by atoms with van der Waals surface area (Å²) in [5.41, 5.74) is 2.02. The molecule has 98 valence electrons. The molecule has 0 bridgehead atoms. The highest BCUT2D eigenvalue weighted by atomic mass is 32.3. The summed E-state index contributed by atoms with van der Waals surface area (Å²) in [5, 5.41) is -1.21. The zero-order valence-electron chi connectivity index (χ0n) is 9.97. The molecule has 1 heterocycles. The van der Waals surface area contributed by atoms with Crippen molar-refractivity contribution in [3.8, 4) is 0 Å². The Labute approximate surface area is 106 Å². The molecule has 6 heteroatoms. The molecular weight excluding hydrogens is 257 g/mol. The molecular formula is C12H14FNO3S. The van der Waals surface area contributed by atoms with Gasteiger partial charge in [0.1, 0.15) is 5.25 Å². The quantitative estimate of drug-likeness (QED) is 0.781. The monoisotopic (exact) mass is 271 g/mol. The van der Waals surface area contributed by atoms with E-state index in [1.165, 1.54) is 4.90 Å². The molecule has 0 radical (unpaired) electrons. The van der Waals surface area contributed by atoms with E-state index in [9.17, 15) is 17.1 Å². The minimum atomic E-state index is -4.63. The summed E-state index contributed by atoms with van der Waals surface area (Å²) in [4.78, 5) is 13.0. The number of nitrogens with zero attached hydrogens (tertiary/aromatic N) is 1. The van der Waals surface area contributed by atoms with Gasteiger partial charge in [0.15, 0.2) is 0 Å². The Balaban J connectivity index is 2.07. The molecule has 18 heavy (non-hydrogen) atoms. The van der Waals surface area contributed by atoms with E-state index in [0.29, 0.717) is 6.54 Å². The molecule has 1 aromatic rings. The van der Waals surface area contributed by atoms with Gasteiger partial charge >= 0.3 is 10.2 Å². The molecule has 0 N–H and O–H groups in total. The van der Waals surface area contributed by atoms with Crippen LogP contribution in [0.25, 0.3) is 0 Å². The second kappa shape index (κ2) is 4.68. The van der Waals surface area contributed by atoms with Gasteiger partial charge in [-0.1, -0.05) is 29.8 Å². The average Bonchev–Trinajstić information content (AvgIpc) is 2.63. The van der Waals surface area contributed by atoms with Crippen molar-refractivity contribution in [1.29, 1.82) is 0 Å². The van der Waals surface area contributed by atoms with Gasteiger partial charge in [0.25, 0.3) is 0 Å². The summed E-state index contributed by atoms with van der Waals surface area (Å²) in [6, 6.07) is 7.58. The lowest BCUT2D eigenvalue weighted by Gasteiger charge is -2.16. The molecule has 0 aromatic heterocycles. The van der Waals surface area contributed by atoms with Gasteiger partial charge < -0.3 is 4.90 Å². The zero-order chi connectivity index (χ0) is 13.3. The predicted molar refractivity (Wildman–Crippen MR) is 65.0 cm³/mol. The third-order valence-corrected chi connectivity index (χ3v) is 4.18. The van der Waals surface area contributed by atoms with Crippen molar-refractivity contribution < 1.29 is 17.1 Å². The standard InChI is InChI=1S/C12H14FNO3S/c1-9-2-4-10(5-3-9)7-14-8-11(6-12(14)15)18(13,16)17/h2-5,11H,6-8H2,1H3. The van der Waals surface area contributed by atoms with Crippen LogP contribution in [-0.2, 0) is 21.6 Å². The van der Waals surface area contributed by atoms with Gasteiger partial charge in [0.05, 0.1) is 0 Å². The second-order valence-corrected chi connectivity index (χ2v) is 6.18. The summed E-state index contributed by atoms with van der Waals surface area (Å²) in [7, 11) is -4.63. The Kier molecular flexibility index (Phi) is 3.38. The molecule has 1 atom stereocenters. The molecule has 0 spiro atoms. The Bertz CT molecular complexity index is 553. The Morgan fingerprint density at radius 2 is 1.94 bits per heavy atom. The molecule has 1 aromatic carbocycles.